The van der Waals surface area contributed by atoms with Gasteiger partial charge >= 0.3 is 0 Å². The Morgan fingerprint density at radius 3 is 2.42 bits per heavy atom. The SMILES string of the molecule is CCOc1cc2c(cc1OCC)[C@H](c1cc3c(cc1Br)OCO3)NCC2. The van der Waals surface area contributed by atoms with Crippen molar-refractivity contribution in [3.63, 3.8) is 0 Å². The monoisotopic (exact) mass is 419 g/mol. The molecule has 0 radical (unpaired) electrons. The molecule has 138 valence electrons. The van der Waals surface area contributed by atoms with E-state index >= 15 is 0 Å². The van der Waals surface area contributed by atoms with E-state index in [1.807, 2.05) is 19.9 Å². The number of hydrogen-bond acceptors (Lipinski definition) is 5. The fourth-order valence-corrected chi connectivity index (χ4v) is 4.08. The van der Waals surface area contributed by atoms with E-state index in [-0.39, 0.29) is 12.8 Å². The molecule has 2 aromatic carbocycles. The minimum Gasteiger partial charge on any atom is -0.490 e. The average molecular weight is 420 g/mol. The molecule has 0 fully saturated rings. The molecule has 6 heteroatoms. The van der Waals surface area contributed by atoms with Crippen LogP contribution >= 0.6 is 15.9 Å². The van der Waals surface area contributed by atoms with E-state index in [4.69, 9.17) is 18.9 Å². The van der Waals surface area contributed by atoms with E-state index in [9.17, 15) is 0 Å². The zero-order chi connectivity index (χ0) is 18.1. The third-order valence-electron chi connectivity index (χ3n) is 4.66. The average Bonchev–Trinajstić information content (AvgIpc) is 3.09. The Bertz CT molecular complexity index is 824. The van der Waals surface area contributed by atoms with Gasteiger partial charge in [0.1, 0.15) is 0 Å². The van der Waals surface area contributed by atoms with Crippen LogP contribution in [0.2, 0.25) is 0 Å². The third-order valence-corrected chi connectivity index (χ3v) is 5.35. The lowest BCUT2D eigenvalue weighted by Crippen LogP contribution is -2.31. The Kier molecular flexibility index (Phi) is 4.96. The summed E-state index contributed by atoms with van der Waals surface area (Å²) in [5.74, 6) is 3.17. The van der Waals surface area contributed by atoms with Crippen molar-refractivity contribution in [1.82, 2.24) is 5.32 Å². The van der Waals surface area contributed by atoms with E-state index in [1.54, 1.807) is 0 Å². The standard InChI is InChI=1S/C20H22BrNO4/c1-3-23-16-7-12-5-6-22-20(13(12)8-17(16)24-4-2)14-9-18-19(10-15(14)21)26-11-25-18/h7-10,20,22H,3-6,11H2,1-2H3/t20-/m1/s1. The van der Waals surface area contributed by atoms with Gasteiger partial charge in [-0.1, -0.05) is 15.9 Å². The van der Waals surface area contributed by atoms with Gasteiger partial charge in [0.25, 0.3) is 0 Å². The van der Waals surface area contributed by atoms with Gasteiger partial charge in [-0.05, 0) is 61.2 Å². The second kappa shape index (κ2) is 7.37. The number of benzene rings is 2. The molecule has 2 aliphatic heterocycles. The summed E-state index contributed by atoms with van der Waals surface area (Å²) >= 11 is 3.69. The summed E-state index contributed by atoms with van der Waals surface area (Å²) in [5, 5.41) is 3.62. The number of hydrogen-bond donors (Lipinski definition) is 1. The van der Waals surface area contributed by atoms with Gasteiger partial charge in [-0.25, -0.2) is 0 Å². The molecule has 2 aliphatic rings. The number of rotatable bonds is 5. The van der Waals surface area contributed by atoms with Gasteiger partial charge in [0.15, 0.2) is 23.0 Å². The van der Waals surface area contributed by atoms with Crippen molar-refractivity contribution in [2.45, 2.75) is 26.3 Å². The highest BCUT2D eigenvalue weighted by atomic mass is 79.9. The smallest absolute Gasteiger partial charge is 0.231 e. The highest BCUT2D eigenvalue weighted by molar-refractivity contribution is 9.10. The molecule has 2 heterocycles. The molecule has 1 atom stereocenters. The summed E-state index contributed by atoms with van der Waals surface area (Å²) in [6, 6.07) is 8.32. The molecule has 0 saturated heterocycles. The van der Waals surface area contributed by atoms with Crippen LogP contribution in [0.4, 0.5) is 0 Å². The number of halogens is 1. The van der Waals surface area contributed by atoms with E-state index in [1.165, 1.54) is 11.1 Å². The largest absolute Gasteiger partial charge is 0.490 e. The molecule has 5 nitrogen and oxygen atoms in total. The zero-order valence-corrected chi connectivity index (χ0v) is 16.5. The third kappa shape index (κ3) is 3.12. The molecule has 0 spiro atoms. The molecule has 26 heavy (non-hydrogen) atoms. The van der Waals surface area contributed by atoms with E-state index < -0.39 is 0 Å². The van der Waals surface area contributed by atoms with Crippen LogP contribution in [0.25, 0.3) is 0 Å². The first-order valence-electron chi connectivity index (χ1n) is 8.96. The minimum absolute atomic E-state index is 0.0532. The first-order chi connectivity index (χ1) is 12.7. The zero-order valence-electron chi connectivity index (χ0n) is 14.9. The quantitative estimate of drug-likeness (QED) is 0.786. The number of nitrogens with one attached hydrogen (secondary N) is 1. The lowest BCUT2D eigenvalue weighted by atomic mass is 9.89. The molecule has 2 aromatic rings. The highest BCUT2D eigenvalue weighted by Gasteiger charge is 2.28. The van der Waals surface area contributed by atoms with E-state index in [2.05, 4.69) is 39.4 Å². The topological polar surface area (TPSA) is 49.0 Å². The summed E-state index contributed by atoms with van der Waals surface area (Å²) in [6.45, 7) is 6.37. The van der Waals surface area contributed by atoms with Crippen molar-refractivity contribution >= 4 is 15.9 Å². The summed E-state index contributed by atoms with van der Waals surface area (Å²) in [7, 11) is 0. The van der Waals surface area contributed by atoms with E-state index in [0.717, 1.165) is 46.0 Å². The molecular weight excluding hydrogens is 398 g/mol. The maximum absolute atomic E-state index is 5.83. The van der Waals surface area contributed by atoms with Crippen LogP contribution in [0.3, 0.4) is 0 Å². The van der Waals surface area contributed by atoms with Crippen LogP contribution < -0.4 is 24.3 Å². The van der Waals surface area contributed by atoms with Crippen molar-refractivity contribution in [3.8, 4) is 23.0 Å². The van der Waals surface area contributed by atoms with Crippen LogP contribution in [-0.2, 0) is 6.42 Å². The molecule has 0 unspecified atom stereocenters. The molecular formula is C20H22BrNO4. The van der Waals surface area contributed by atoms with Gasteiger partial charge in [0.05, 0.1) is 19.3 Å². The molecule has 0 aliphatic carbocycles. The van der Waals surface area contributed by atoms with Crippen LogP contribution in [0.5, 0.6) is 23.0 Å². The van der Waals surface area contributed by atoms with Crippen molar-refractivity contribution in [2.24, 2.45) is 0 Å². The first-order valence-corrected chi connectivity index (χ1v) is 9.75. The van der Waals surface area contributed by atoms with Crippen molar-refractivity contribution < 1.29 is 18.9 Å². The maximum Gasteiger partial charge on any atom is 0.231 e. The van der Waals surface area contributed by atoms with Gasteiger partial charge in [0.2, 0.25) is 6.79 Å². The van der Waals surface area contributed by atoms with Gasteiger partial charge in [0, 0.05) is 11.0 Å². The molecule has 0 aromatic heterocycles. The number of ether oxygens (including phenoxy) is 4. The Hall–Kier alpha value is -1.92. The van der Waals surface area contributed by atoms with Crippen LogP contribution in [0.1, 0.15) is 36.6 Å². The Balaban J connectivity index is 1.78. The highest BCUT2D eigenvalue weighted by Crippen LogP contribution is 2.43. The fraction of sp³-hybridized carbons (Fsp3) is 0.400. The molecule has 1 N–H and O–H groups in total. The van der Waals surface area contributed by atoms with Crippen LogP contribution in [0, 0.1) is 0 Å². The van der Waals surface area contributed by atoms with E-state index in [0.29, 0.717) is 13.2 Å². The lowest BCUT2D eigenvalue weighted by molar-refractivity contribution is 0.174. The van der Waals surface area contributed by atoms with Gasteiger partial charge in [-0.15, -0.1) is 0 Å². The van der Waals surface area contributed by atoms with Gasteiger partial charge < -0.3 is 24.3 Å². The minimum atomic E-state index is 0.0532. The summed E-state index contributed by atoms with van der Waals surface area (Å²) in [5.41, 5.74) is 3.62. The molecule has 0 bridgehead atoms. The van der Waals surface area contributed by atoms with Crippen LogP contribution in [0.15, 0.2) is 28.7 Å². The van der Waals surface area contributed by atoms with Gasteiger partial charge in [-0.3, -0.25) is 0 Å². The normalized spacial score (nSPS) is 17.7. The summed E-state index contributed by atoms with van der Waals surface area (Å²) in [6.07, 6.45) is 0.959. The second-order valence-corrected chi connectivity index (χ2v) is 7.08. The lowest BCUT2D eigenvalue weighted by Gasteiger charge is -2.29. The molecule has 4 rings (SSSR count). The first kappa shape index (κ1) is 17.5. The van der Waals surface area contributed by atoms with Crippen molar-refractivity contribution in [3.05, 3.63) is 45.4 Å². The molecule has 0 amide bonds. The Morgan fingerprint density at radius 2 is 1.69 bits per heavy atom. The fourth-order valence-electron chi connectivity index (χ4n) is 3.53. The predicted molar refractivity (Wildman–Crippen MR) is 103 cm³/mol. The second-order valence-electron chi connectivity index (χ2n) is 6.23. The van der Waals surface area contributed by atoms with Crippen molar-refractivity contribution in [1.29, 1.82) is 0 Å². The summed E-state index contributed by atoms with van der Waals surface area (Å²) < 4.78 is 23.7. The van der Waals surface area contributed by atoms with Crippen LogP contribution in [-0.4, -0.2) is 26.6 Å². The number of fused-ring (bicyclic) bond motifs is 2. The molecule has 0 saturated carbocycles. The van der Waals surface area contributed by atoms with Gasteiger partial charge in [-0.2, -0.15) is 0 Å². The summed E-state index contributed by atoms with van der Waals surface area (Å²) in [4.78, 5) is 0. The Morgan fingerprint density at radius 1 is 1.00 bits per heavy atom. The van der Waals surface area contributed by atoms with Crippen molar-refractivity contribution in [2.75, 3.05) is 26.6 Å². The maximum atomic E-state index is 5.83. The predicted octanol–water partition coefficient (Wildman–Crippen LogP) is 4.21. The Labute approximate surface area is 161 Å².